The molecule has 6 heterocycles. The van der Waals surface area contributed by atoms with Crippen molar-refractivity contribution in [1.29, 1.82) is 0 Å². The van der Waals surface area contributed by atoms with E-state index in [2.05, 4.69) is 19.7 Å². The molecule has 0 spiro atoms. The molecule has 2 atom stereocenters. The van der Waals surface area contributed by atoms with Gasteiger partial charge in [0, 0.05) is 65.4 Å². The zero-order chi connectivity index (χ0) is 62.2. The van der Waals surface area contributed by atoms with Crippen molar-refractivity contribution in [3.8, 4) is 23.0 Å². The molecule has 0 aliphatic carbocycles. The van der Waals surface area contributed by atoms with Gasteiger partial charge in [0.05, 0.1) is 74.2 Å². The number of halogens is 1. The number of nitrogens with zero attached hydrogens (tertiary/aromatic N) is 5. The fraction of sp³-hybridized carbons (Fsp3) is 0.393. The van der Waals surface area contributed by atoms with Gasteiger partial charge in [-0.25, -0.2) is 31.1 Å². The molecule has 2 aromatic heterocycles. The Morgan fingerprint density at radius 3 is 1.36 bits per heavy atom. The van der Waals surface area contributed by atoms with Crippen LogP contribution in [-0.4, -0.2) is 161 Å². The number of hydrogen-bond donors (Lipinski definition) is 3. The Balaban J connectivity index is 0.000000228. The van der Waals surface area contributed by atoms with Crippen LogP contribution in [0.5, 0.6) is 23.0 Å². The van der Waals surface area contributed by atoms with Crippen LogP contribution in [0.4, 0.5) is 16.2 Å². The van der Waals surface area contributed by atoms with Crippen LogP contribution in [0.15, 0.2) is 116 Å². The molecule has 3 N–H and O–H groups in total. The number of sulfonamides is 2. The van der Waals surface area contributed by atoms with E-state index in [0.29, 0.717) is 108 Å². The van der Waals surface area contributed by atoms with Crippen LogP contribution in [0.2, 0.25) is 0 Å². The molecule has 5 amide bonds. The monoisotopic (exact) mass is 1300 g/mol. The Labute approximate surface area is 527 Å². The molecular weight excluding hydrogens is 1230 g/mol. The quantitative estimate of drug-likeness (QED) is 0.0425. The summed E-state index contributed by atoms with van der Waals surface area (Å²) in [6, 6.07) is 26.3. The SMILES string of the molecule is COc1ccc([C@@H](CCCNS(=O)(=O)c2cccs2)N2C(=O)c3cccc(N4CCN(C(=O)OC(C)(C)C)CC4)c3C2=O)cc1OC.COc1ccc([C@@H](CCCNS(=O)(=O)c2cccs2)N2C(=O)c3cccc(N4CCNCC4)c3C2=O)cc1OC.Cl. The first-order chi connectivity index (χ1) is 41.7. The molecule has 4 aliphatic rings. The number of anilines is 2. The molecule has 22 nitrogen and oxygen atoms in total. The van der Waals surface area contributed by atoms with Crippen molar-refractivity contribution in [1.82, 2.24) is 29.5 Å². The molecule has 4 aliphatic heterocycles. The van der Waals surface area contributed by atoms with Crippen LogP contribution in [0.1, 0.15) is 111 Å². The normalized spacial score (nSPS) is 15.9. The molecular formula is C61H73ClN8O14S4. The fourth-order valence-electron chi connectivity index (χ4n) is 11.0. The summed E-state index contributed by atoms with van der Waals surface area (Å²) < 4.78 is 83.6. The van der Waals surface area contributed by atoms with E-state index in [1.165, 1.54) is 44.3 Å². The van der Waals surface area contributed by atoms with E-state index in [1.807, 2.05) is 49.9 Å². The molecule has 0 unspecified atom stereocenters. The van der Waals surface area contributed by atoms with Crippen molar-refractivity contribution in [2.24, 2.45) is 0 Å². The second-order valence-electron chi connectivity index (χ2n) is 21.8. The third kappa shape index (κ3) is 14.7. The lowest BCUT2D eigenvalue weighted by molar-refractivity contribution is 0.0239. The Morgan fingerprint density at radius 1 is 0.557 bits per heavy atom. The highest BCUT2D eigenvalue weighted by molar-refractivity contribution is 7.91. The number of nitrogens with one attached hydrogen (secondary N) is 3. The Hall–Kier alpha value is -7.30. The standard InChI is InChI=1S/C33H40N4O8S2.C28H32N4O6S2.ClH/c1-33(2,3)45-32(40)36-18-16-35(17-19-36)25-10-6-9-23-29(25)31(39)37(30(23)38)24(22-13-14-26(43-4)27(21-22)44-5)11-7-15-34-47(41,42)28-12-8-20-46-28;1-37-23-11-10-19(18-24(23)38-2)21(8-4-12-30-40(35,36)25-9-5-17-39-25)32-27(33)20-6-3-7-22(26(20)28(32)34)31-15-13-29-14-16-31;/h6,8-10,12-14,20-21,24,34H,7,11,15-19H2,1-5H3;3,5-7,9-11,17-18,21,29-30H,4,8,12-16H2,1-2H3;1H/t24-;21-;/m11./s1. The van der Waals surface area contributed by atoms with Crippen LogP contribution in [0.25, 0.3) is 0 Å². The van der Waals surface area contributed by atoms with Gasteiger partial charge in [-0.1, -0.05) is 36.4 Å². The highest BCUT2D eigenvalue weighted by atomic mass is 35.5. The average Bonchev–Trinajstić information content (AvgIpc) is 2.96. The highest BCUT2D eigenvalue weighted by Gasteiger charge is 2.45. The number of carbonyl (C=O) groups excluding carboxylic acids is 5. The van der Waals surface area contributed by atoms with Crippen LogP contribution < -0.4 is 43.5 Å². The van der Waals surface area contributed by atoms with Gasteiger partial charge in [0.2, 0.25) is 20.0 Å². The summed E-state index contributed by atoms with van der Waals surface area (Å²) in [6.45, 7) is 10.5. The Bertz CT molecular complexity index is 3700. The highest BCUT2D eigenvalue weighted by Crippen LogP contribution is 2.43. The topological polar surface area (TPSA) is 252 Å². The predicted octanol–water partition coefficient (Wildman–Crippen LogP) is 8.61. The van der Waals surface area contributed by atoms with Crippen LogP contribution in [-0.2, 0) is 24.8 Å². The number of methoxy groups -OCH3 is 4. The molecule has 0 saturated carbocycles. The number of carbonyl (C=O) groups is 5. The van der Waals surface area contributed by atoms with E-state index >= 15 is 0 Å². The van der Waals surface area contributed by atoms with Crippen LogP contribution in [0.3, 0.4) is 0 Å². The summed E-state index contributed by atoms with van der Waals surface area (Å²) in [6.07, 6.45) is 0.982. The van der Waals surface area contributed by atoms with Crippen molar-refractivity contribution in [3.63, 3.8) is 0 Å². The van der Waals surface area contributed by atoms with Gasteiger partial charge in [0.25, 0.3) is 23.6 Å². The van der Waals surface area contributed by atoms with Gasteiger partial charge in [-0.3, -0.25) is 29.0 Å². The van der Waals surface area contributed by atoms with Crippen molar-refractivity contribution in [3.05, 3.63) is 141 Å². The number of imide groups is 2. The van der Waals surface area contributed by atoms with E-state index in [1.54, 1.807) is 82.4 Å². The third-order valence-corrected chi connectivity index (χ3v) is 20.9. The van der Waals surface area contributed by atoms with E-state index in [-0.39, 0.29) is 58.2 Å². The molecule has 88 heavy (non-hydrogen) atoms. The maximum atomic E-state index is 14.3. The van der Waals surface area contributed by atoms with E-state index in [9.17, 15) is 40.8 Å². The summed E-state index contributed by atoms with van der Waals surface area (Å²) in [5, 5.41) is 6.72. The molecule has 27 heteroatoms. The Kier molecular flexibility index (Phi) is 21.9. The van der Waals surface area contributed by atoms with Gasteiger partial charge in [-0.2, -0.15) is 0 Å². The smallest absolute Gasteiger partial charge is 0.410 e. The van der Waals surface area contributed by atoms with E-state index in [0.717, 1.165) is 54.5 Å². The minimum atomic E-state index is -3.67. The number of hydrogen-bond acceptors (Lipinski definition) is 19. The first-order valence-corrected chi connectivity index (χ1v) is 33.1. The number of benzene rings is 4. The van der Waals surface area contributed by atoms with E-state index in [4.69, 9.17) is 23.7 Å². The average molecular weight is 1310 g/mol. The summed E-state index contributed by atoms with van der Waals surface area (Å²) in [5.41, 5.74) is 3.52. The second kappa shape index (κ2) is 28.9. The Morgan fingerprint density at radius 2 is 0.977 bits per heavy atom. The first-order valence-electron chi connectivity index (χ1n) is 28.4. The predicted molar refractivity (Wildman–Crippen MR) is 338 cm³/mol. The number of ether oxygens (including phenoxy) is 5. The largest absolute Gasteiger partial charge is 0.493 e. The minimum absolute atomic E-state index is 0. The molecule has 2 fully saturated rings. The zero-order valence-electron chi connectivity index (χ0n) is 49.9. The van der Waals surface area contributed by atoms with Gasteiger partial charge in [0.1, 0.15) is 14.0 Å². The molecule has 0 bridgehead atoms. The van der Waals surface area contributed by atoms with Crippen molar-refractivity contribution >= 4 is 96.2 Å². The molecule has 472 valence electrons. The fourth-order valence-corrected chi connectivity index (χ4v) is 15.2. The summed E-state index contributed by atoms with van der Waals surface area (Å²) in [4.78, 5) is 77.1. The van der Waals surface area contributed by atoms with E-state index < -0.39 is 49.5 Å². The number of piperazine rings is 2. The lowest BCUT2D eigenvalue weighted by atomic mass is 9.99. The van der Waals surface area contributed by atoms with Crippen LogP contribution >= 0.6 is 35.1 Å². The second-order valence-corrected chi connectivity index (χ2v) is 27.6. The van der Waals surface area contributed by atoms with Gasteiger partial charge in [-0.15, -0.1) is 35.1 Å². The number of thiophene rings is 2. The summed E-state index contributed by atoms with van der Waals surface area (Å²) in [7, 11) is -1.21. The number of fused-ring (bicyclic) bond motifs is 2. The number of amides is 5. The molecule has 6 aromatic rings. The van der Waals surface area contributed by atoms with Crippen molar-refractivity contribution in [2.45, 2.75) is 72.6 Å². The van der Waals surface area contributed by atoms with Gasteiger partial charge < -0.3 is 43.7 Å². The van der Waals surface area contributed by atoms with Crippen molar-refractivity contribution < 1.29 is 64.5 Å². The van der Waals surface area contributed by atoms with Gasteiger partial charge in [-0.05, 0) is 129 Å². The van der Waals surface area contributed by atoms with Crippen LogP contribution in [0, 0.1) is 0 Å². The van der Waals surface area contributed by atoms with Gasteiger partial charge in [0.15, 0.2) is 23.0 Å². The molecule has 10 rings (SSSR count). The van der Waals surface area contributed by atoms with Gasteiger partial charge >= 0.3 is 6.09 Å². The lowest BCUT2D eigenvalue weighted by Gasteiger charge is -2.37. The zero-order valence-corrected chi connectivity index (χ0v) is 54.0. The molecule has 4 aromatic carbocycles. The van der Waals surface area contributed by atoms with Crippen molar-refractivity contribution in [2.75, 3.05) is 104 Å². The first kappa shape index (κ1) is 66.6. The minimum Gasteiger partial charge on any atom is -0.493 e. The maximum Gasteiger partial charge on any atom is 0.410 e. The molecule has 0 radical (unpaired) electrons. The maximum absolute atomic E-state index is 14.3. The number of rotatable bonds is 22. The lowest BCUT2D eigenvalue weighted by Crippen LogP contribution is -2.50. The molecule has 2 saturated heterocycles. The summed E-state index contributed by atoms with van der Waals surface area (Å²) >= 11 is 2.27. The third-order valence-electron chi connectivity index (χ3n) is 15.2. The summed E-state index contributed by atoms with van der Waals surface area (Å²) in [5.74, 6) is 0.345.